The number of benzene rings is 1. The van der Waals surface area contributed by atoms with E-state index in [9.17, 15) is 4.79 Å². The number of anilines is 1. The second-order valence-corrected chi connectivity index (χ2v) is 9.00. The van der Waals surface area contributed by atoms with Crippen LogP contribution in [0, 0.1) is 12.8 Å². The second-order valence-electron chi connectivity index (χ2n) is 8.03. The second kappa shape index (κ2) is 9.86. The van der Waals surface area contributed by atoms with Crippen molar-refractivity contribution >= 4 is 34.9 Å². The first-order chi connectivity index (χ1) is 14.2. The average Bonchev–Trinajstić information content (AvgIpc) is 3.00. The van der Waals surface area contributed by atoms with E-state index in [1.165, 1.54) is 0 Å². The zero-order valence-electron chi connectivity index (χ0n) is 17.7. The Hall–Kier alpha value is -2.02. The van der Waals surface area contributed by atoms with Gasteiger partial charge in [0.25, 0.3) is 0 Å². The van der Waals surface area contributed by atoms with Crippen molar-refractivity contribution in [2.75, 3.05) is 37.7 Å². The lowest BCUT2D eigenvalue weighted by Crippen LogP contribution is -2.51. The van der Waals surface area contributed by atoms with Crippen molar-refractivity contribution in [1.29, 1.82) is 0 Å². The van der Waals surface area contributed by atoms with Gasteiger partial charge in [-0.1, -0.05) is 43.6 Å². The quantitative estimate of drug-likeness (QED) is 0.600. The molecule has 0 aliphatic carbocycles. The molecule has 1 aromatic carbocycles. The number of rotatable bonds is 8. The SMILES string of the molecule is C=C(Cl)COc1ccc(Cl)cc1Cn1nc(N2CCN(CC(C)C)CC2=O)cc1C. The highest BCUT2D eigenvalue weighted by Crippen LogP contribution is 2.26. The predicted molar refractivity (Wildman–Crippen MR) is 122 cm³/mol. The minimum atomic E-state index is 0.0824. The van der Waals surface area contributed by atoms with Crippen LogP contribution in [-0.4, -0.2) is 53.4 Å². The highest BCUT2D eigenvalue weighted by atomic mass is 35.5. The molecule has 1 amide bonds. The summed E-state index contributed by atoms with van der Waals surface area (Å²) in [6.45, 7) is 13.5. The third kappa shape index (κ3) is 5.78. The lowest BCUT2D eigenvalue weighted by Gasteiger charge is -2.33. The maximum absolute atomic E-state index is 12.7. The van der Waals surface area contributed by atoms with E-state index in [2.05, 4.69) is 25.3 Å². The number of carbonyl (C=O) groups excluding carboxylic acids is 1. The van der Waals surface area contributed by atoms with Crippen molar-refractivity contribution < 1.29 is 9.53 Å². The lowest BCUT2D eigenvalue weighted by molar-refractivity contribution is -0.121. The summed E-state index contributed by atoms with van der Waals surface area (Å²) in [6.07, 6.45) is 0. The van der Waals surface area contributed by atoms with Gasteiger partial charge in [0.1, 0.15) is 12.4 Å². The van der Waals surface area contributed by atoms with E-state index < -0.39 is 0 Å². The number of carbonyl (C=O) groups is 1. The molecule has 0 saturated carbocycles. The van der Waals surface area contributed by atoms with Gasteiger partial charge in [0.2, 0.25) is 5.91 Å². The van der Waals surface area contributed by atoms with Crippen molar-refractivity contribution in [1.82, 2.24) is 14.7 Å². The maximum atomic E-state index is 12.7. The highest BCUT2D eigenvalue weighted by molar-refractivity contribution is 6.30. The summed E-state index contributed by atoms with van der Waals surface area (Å²) in [7, 11) is 0. The zero-order chi connectivity index (χ0) is 21.8. The van der Waals surface area contributed by atoms with Gasteiger partial charge in [0, 0.05) is 47.0 Å². The van der Waals surface area contributed by atoms with Gasteiger partial charge in [-0.15, -0.1) is 0 Å². The number of piperazine rings is 1. The molecule has 0 atom stereocenters. The summed E-state index contributed by atoms with van der Waals surface area (Å²) in [5.74, 6) is 1.98. The van der Waals surface area contributed by atoms with E-state index in [1.54, 1.807) is 11.0 Å². The Morgan fingerprint density at radius 3 is 2.73 bits per heavy atom. The summed E-state index contributed by atoms with van der Waals surface area (Å²) in [4.78, 5) is 16.7. The van der Waals surface area contributed by atoms with E-state index in [1.807, 2.05) is 29.8 Å². The zero-order valence-corrected chi connectivity index (χ0v) is 19.2. The number of aryl methyl sites for hydroxylation is 1. The van der Waals surface area contributed by atoms with Crippen molar-refractivity contribution in [2.45, 2.75) is 27.3 Å². The molecule has 1 aliphatic heterocycles. The Labute approximate surface area is 188 Å². The molecule has 1 fully saturated rings. The van der Waals surface area contributed by atoms with Crippen LogP contribution in [0.4, 0.5) is 5.82 Å². The Morgan fingerprint density at radius 1 is 1.30 bits per heavy atom. The van der Waals surface area contributed by atoms with Crippen LogP contribution in [0.5, 0.6) is 5.75 Å². The molecule has 1 aliphatic rings. The molecule has 162 valence electrons. The molecule has 0 N–H and O–H groups in total. The molecule has 30 heavy (non-hydrogen) atoms. The number of amides is 1. The molecule has 3 rings (SSSR count). The fraction of sp³-hybridized carbons (Fsp3) is 0.455. The van der Waals surface area contributed by atoms with Crippen LogP contribution in [0.3, 0.4) is 0 Å². The molecule has 0 spiro atoms. The monoisotopic (exact) mass is 450 g/mol. The van der Waals surface area contributed by atoms with Gasteiger partial charge in [-0.05, 0) is 31.0 Å². The van der Waals surface area contributed by atoms with E-state index >= 15 is 0 Å². The highest BCUT2D eigenvalue weighted by Gasteiger charge is 2.27. The minimum Gasteiger partial charge on any atom is -0.488 e. The molecular weight excluding hydrogens is 423 g/mol. The molecule has 0 bridgehead atoms. The Kier molecular flexibility index (Phi) is 7.45. The van der Waals surface area contributed by atoms with Gasteiger partial charge in [-0.2, -0.15) is 5.10 Å². The van der Waals surface area contributed by atoms with Crippen LogP contribution >= 0.6 is 23.2 Å². The topological polar surface area (TPSA) is 50.6 Å². The van der Waals surface area contributed by atoms with Crippen LogP contribution < -0.4 is 9.64 Å². The third-order valence-corrected chi connectivity index (χ3v) is 5.24. The normalized spacial score (nSPS) is 15.1. The number of hydrogen-bond donors (Lipinski definition) is 0. The van der Waals surface area contributed by atoms with Crippen LogP contribution in [0.25, 0.3) is 0 Å². The summed E-state index contributed by atoms with van der Waals surface area (Å²) in [5, 5.41) is 5.73. The number of aromatic nitrogens is 2. The Balaban J connectivity index is 1.75. The van der Waals surface area contributed by atoms with Crippen molar-refractivity contribution in [3.05, 3.63) is 52.2 Å². The molecule has 1 saturated heterocycles. The molecule has 0 unspecified atom stereocenters. The van der Waals surface area contributed by atoms with Gasteiger partial charge in [-0.3, -0.25) is 19.3 Å². The summed E-state index contributed by atoms with van der Waals surface area (Å²) < 4.78 is 7.61. The van der Waals surface area contributed by atoms with Gasteiger partial charge in [0.15, 0.2) is 5.82 Å². The molecular formula is C22H28Cl2N4O2. The number of ether oxygens (including phenoxy) is 1. The molecule has 2 heterocycles. The van der Waals surface area contributed by atoms with Crippen molar-refractivity contribution in [3.8, 4) is 5.75 Å². The average molecular weight is 451 g/mol. The van der Waals surface area contributed by atoms with Gasteiger partial charge >= 0.3 is 0 Å². The van der Waals surface area contributed by atoms with Crippen LogP contribution in [-0.2, 0) is 11.3 Å². The standard InChI is InChI=1S/C22H28Cl2N4O2/c1-15(2)11-26-7-8-27(22(29)13-26)21-9-17(4)28(25-21)12-18-10-19(24)5-6-20(18)30-14-16(3)23/h5-6,9-10,15H,3,7-8,11-14H2,1-2,4H3. The Morgan fingerprint density at radius 2 is 2.07 bits per heavy atom. The number of halogens is 2. The van der Waals surface area contributed by atoms with Gasteiger partial charge in [0.05, 0.1) is 13.1 Å². The van der Waals surface area contributed by atoms with Crippen molar-refractivity contribution in [3.63, 3.8) is 0 Å². The summed E-state index contributed by atoms with van der Waals surface area (Å²) in [5.41, 5.74) is 1.83. The molecule has 6 nitrogen and oxygen atoms in total. The minimum absolute atomic E-state index is 0.0824. The maximum Gasteiger partial charge on any atom is 0.242 e. The molecule has 1 aromatic heterocycles. The van der Waals surface area contributed by atoms with Crippen LogP contribution in [0.1, 0.15) is 25.1 Å². The smallest absolute Gasteiger partial charge is 0.242 e. The predicted octanol–water partition coefficient (Wildman–Crippen LogP) is 4.33. The van der Waals surface area contributed by atoms with E-state index in [-0.39, 0.29) is 12.5 Å². The van der Waals surface area contributed by atoms with E-state index in [4.69, 9.17) is 33.0 Å². The van der Waals surface area contributed by atoms with E-state index in [0.29, 0.717) is 47.2 Å². The van der Waals surface area contributed by atoms with Crippen molar-refractivity contribution in [2.24, 2.45) is 5.92 Å². The molecule has 0 radical (unpaired) electrons. The largest absolute Gasteiger partial charge is 0.488 e. The van der Waals surface area contributed by atoms with Gasteiger partial charge < -0.3 is 4.74 Å². The first-order valence-corrected chi connectivity index (χ1v) is 10.8. The lowest BCUT2D eigenvalue weighted by atomic mass is 10.2. The molecule has 8 heteroatoms. The number of nitrogens with zero attached hydrogens (tertiary/aromatic N) is 4. The number of hydrogen-bond acceptors (Lipinski definition) is 4. The summed E-state index contributed by atoms with van der Waals surface area (Å²) in [6, 6.07) is 7.38. The van der Waals surface area contributed by atoms with Crippen LogP contribution in [0.15, 0.2) is 35.9 Å². The van der Waals surface area contributed by atoms with Gasteiger partial charge in [-0.25, -0.2) is 0 Å². The first-order valence-electron chi connectivity index (χ1n) is 10.0. The van der Waals surface area contributed by atoms with E-state index in [0.717, 1.165) is 24.3 Å². The fourth-order valence-corrected chi connectivity index (χ4v) is 3.80. The molecule has 2 aromatic rings. The fourth-order valence-electron chi connectivity index (χ4n) is 3.55. The first kappa shape index (κ1) is 22.7. The summed E-state index contributed by atoms with van der Waals surface area (Å²) >= 11 is 12.0. The van der Waals surface area contributed by atoms with Crippen LogP contribution in [0.2, 0.25) is 5.02 Å². The third-order valence-electron chi connectivity index (χ3n) is 4.89. The Bertz CT molecular complexity index is 926.